The summed E-state index contributed by atoms with van der Waals surface area (Å²) < 4.78 is 10.8. The average Bonchev–Trinajstić information content (AvgIpc) is 3.47. The predicted molar refractivity (Wildman–Crippen MR) is 112 cm³/mol. The minimum absolute atomic E-state index is 0.122. The Hall–Kier alpha value is -3.94. The Balaban J connectivity index is 1.49. The number of imidazole rings is 1. The van der Waals surface area contributed by atoms with Crippen LogP contribution in [0.1, 0.15) is 39.2 Å². The fraction of sp³-hybridized carbons (Fsp3) is 0.217. The van der Waals surface area contributed by atoms with Gasteiger partial charge in [0, 0.05) is 17.5 Å². The molecule has 0 spiro atoms. The van der Waals surface area contributed by atoms with Crippen molar-refractivity contribution >= 4 is 5.91 Å². The van der Waals surface area contributed by atoms with E-state index in [4.69, 9.17) is 9.26 Å². The molecular weight excluding hydrogens is 394 g/mol. The second-order valence-corrected chi connectivity index (χ2v) is 7.53. The van der Waals surface area contributed by atoms with Crippen LogP contribution in [0.25, 0.3) is 11.4 Å². The summed E-state index contributed by atoms with van der Waals surface area (Å²) in [5.74, 6) is 1.47. The highest BCUT2D eigenvalue weighted by Crippen LogP contribution is 2.33. The Morgan fingerprint density at radius 3 is 2.68 bits per heavy atom. The van der Waals surface area contributed by atoms with Crippen molar-refractivity contribution in [2.75, 3.05) is 7.11 Å². The molecular formula is C23H21N5O3. The van der Waals surface area contributed by atoms with E-state index in [9.17, 15) is 4.79 Å². The number of hydrogen-bond donors (Lipinski definition) is 1. The molecule has 1 aliphatic rings. The average molecular weight is 415 g/mol. The Morgan fingerprint density at radius 2 is 1.94 bits per heavy atom. The number of H-pyrrole nitrogens is 1. The molecule has 5 rings (SSSR count). The maximum absolute atomic E-state index is 13.4. The summed E-state index contributed by atoms with van der Waals surface area (Å²) in [6.45, 7) is 2.41. The molecule has 4 aromatic rings. The number of carbonyl (C=O) groups excluding carboxylic acids is 1. The van der Waals surface area contributed by atoms with Crippen LogP contribution in [0.15, 0.2) is 59.4 Å². The van der Waals surface area contributed by atoms with Gasteiger partial charge in [0.1, 0.15) is 11.8 Å². The summed E-state index contributed by atoms with van der Waals surface area (Å²) >= 11 is 0. The largest absolute Gasteiger partial charge is 0.497 e. The Bertz CT molecular complexity index is 1210. The van der Waals surface area contributed by atoms with Crippen LogP contribution in [0, 0.1) is 6.92 Å². The summed E-state index contributed by atoms with van der Waals surface area (Å²) in [6.07, 6.45) is 2.14. The third kappa shape index (κ3) is 3.56. The van der Waals surface area contributed by atoms with Crippen molar-refractivity contribution in [3.8, 4) is 17.1 Å². The van der Waals surface area contributed by atoms with Gasteiger partial charge >= 0.3 is 0 Å². The summed E-state index contributed by atoms with van der Waals surface area (Å²) in [4.78, 5) is 27.3. The smallest absolute Gasteiger partial charge is 0.254 e. The predicted octanol–water partition coefficient (Wildman–Crippen LogP) is 3.72. The third-order valence-electron chi connectivity index (χ3n) is 5.53. The van der Waals surface area contributed by atoms with E-state index in [0.717, 1.165) is 22.5 Å². The molecule has 8 nitrogen and oxygen atoms in total. The van der Waals surface area contributed by atoms with Crippen molar-refractivity contribution in [1.82, 2.24) is 25.0 Å². The molecule has 3 heterocycles. The van der Waals surface area contributed by atoms with Crippen LogP contribution < -0.4 is 4.74 Å². The Labute approximate surface area is 178 Å². The molecule has 0 saturated heterocycles. The Kier molecular flexibility index (Phi) is 4.74. The lowest BCUT2D eigenvalue weighted by molar-refractivity contribution is 0.0589. The number of benzene rings is 2. The van der Waals surface area contributed by atoms with E-state index in [1.54, 1.807) is 42.6 Å². The molecule has 0 aliphatic carbocycles. The van der Waals surface area contributed by atoms with Crippen molar-refractivity contribution in [2.45, 2.75) is 25.9 Å². The van der Waals surface area contributed by atoms with Crippen LogP contribution in [0.3, 0.4) is 0 Å². The van der Waals surface area contributed by atoms with Crippen molar-refractivity contribution in [3.05, 3.63) is 83.3 Å². The number of nitrogens with one attached hydrogen (secondary N) is 1. The standard InChI is InChI=1S/C23H21N5O3/c1-14-3-5-15(6-4-14)21-26-22(31-27-21)20-11-18-19(25-13-24-18)12-28(20)23(29)16-7-9-17(30-2)10-8-16/h3-10,13,20H,11-12H2,1-2H3,(H,24,25)/t20-/m0/s1. The van der Waals surface area contributed by atoms with E-state index < -0.39 is 6.04 Å². The third-order valence-corrected chi connectivity index (χ3v) is 5.53. The number of hydrogen-bond acceptors (Lipinski definition) is 6. The van der Waals surface area contributed by atoms with Crippen molar-refractivity contribution in [1.29, 1.82) is 0 Å². The first-order chi connectivity index (χ1) is 15.1. The number of aryl methyl sites for hydroxylation is 1. The summed E-state index contributed by atoms with van der Waals surface area (Å²) in [6, 6.07) is 14.6. The molecule has 2 aromatic heterocycles. The first-order valence-electron chi connectivity index (χ1n) is 9.99. The number of aromatic amines is 1. The second kappa shape index (κ2) is 7.71. The lowest BCUT2D eigenvalue weighted by Gasteiger charge is -2.32. The maximum Gasteiger partial charge on any atom is 0.254 e. The van der Waals surface area contributed by atoms with Gasteiger partial charge in [-0.1, -0.05) is 35.0 Å². The second-order valence-electron chi connectivity index (χ2n) is 7.53. The molecule has 2 aromatic carbocycles. The van der Waals surface area contributed by atoms with Gasteiger partial charge in [-0.15, -0.1) is 0 Å². The zero-order chi connectivity index (χ0) is 21.4. The van der Waals surface area contributed by atoms with Gasteiger partial charge in [0.15, 0.2) is 0 Å². The molecule has 0 saturated carbocycles. The van der Waals surface area contributed by atoms with Crippen LogP contribution in [-0.4, -0.2) is 38.0 Å². The van der Waals surface area contributed by atoms with Gasteiger partial charge in [-0.2, -0.15) is 4.98 Å². The number of rotatable bonds is 4. The van der Waals surface area contributed by atoms with Gasteiger partial charge in [-0.3, -0.25) is 4.79 Å². The molecule has 1 N–H and O–H groups in total. The first-order valence-corrected chi connectivity index (χ1v) is 9.99. The molecule has 1 atom stereocenters. The van der Waals surface area contributed by atoms with E-state index in [1.807, 2.05) is 31.2 Å². The molecule has 31 heavy (non-hydrogen) atoms. The first kappa shape index (κ1) is 19.0. The lowest BCUT2D eigenvalue weighted by atomic mass is 10.0. The number of ether oxygens (including phenoxy) is 1. The van der Waals surface area contributed by atoms with Gasteiger partial charge in [-0.05, 0) is 31.2 Å². The molecule has 156 valence electrons. The van der Waals surface area contributed by atoms with Gasteiger partial charge in [0.2, 0.25) is 11.7 Å². The van der Waals surface area contributed by atoms with Gasteiger partial charge in [-0.25, -0.2) is 4.98 Å². The molecule has 0 bridgehead atoms. The van der Waals surface area contributed by atoms with Crippen LogP contribution in [0.5, 0.6) is 5.75 Å². The van der Waals surface area contributed by atoms with Crippen LogP contribution in [0.4, 0.5) is 0 Å². The molecule has 8 heteroatoms. The van der Waals surface area contributed by atoms with Crippen LogP contribution >= 0.6 is 0 Å². The van der Waals surface area contributed by atoms with Crippen molar-refractivity contribution in [2.24, 2.45) is 0 Å². The monoisotopic (exact) mass is 415 g/mol. The van der Waals surface area contributed by atoms with E-state index in [-0.39, 0.29) is 5.91 Å². The topological polar surface area (TPSA) is 97.1 Å². The molecule has 0 fully saturated rings. The Morgan fingerprint density at radius 1 is 1.16 bits per heavy atom. The van der Waals surface area contributed by atoms with Gasteiger partial charge in [0.25, 0.3) is 5.91 Å². The van der Waals surface area contributed by atoms with E-state index in [0.29, 0.717) is 36.0 Å². The number of amides is 1. The van der Waals surface area contributed by atoms with E-state index in [1.165, 1.54) is 0 Å². The molecule has 1 amide bonds. The molecule has 1 aliphatic heterocycles. The highest BCUT2D eigenvalue weighted by atomic mass is 16.5. The van der Waals surface area contributed by atoms with Crippen molar-refractivity contribution < 1.29 is 14.1 Å². The number of aromatic nitrogens is 4. The SMILES string of the molecule is COc1ccc(C(=O)N2Cc3[nH]cnc3C[C@H]2c2nc(-c3ccc(C)cc3)no2)cc1. The lowest BCUT2D eigenvalue weighted by Crippen LogP contribution is -2.39. The summed E-state index contributed by atoms with van der Waals surface area (Å²) in [5.41, 5.74) is 4.40. The maximum atomic E-state index is 13.4. The number of methoxy groups -OCH3 is 1. The van der Waals surface area contributed by atoms with E-state index >= 15 is 0 Å². The summed E-state index contributed by atoms with van der Waals surface area (Å²) in [7, 11) is 1.60. The highest BCUT2D eigenvalue weighted by Gasteiger charge is 2.36. The normalized spacial score (nSPS) is 15.5. The van der Waals surface area contributed by atoms with Crippen LogP contribution in [-0.2, 0) is 13.0 Å². The summed E-state index contributed by atoms with van der Waals surface area (Å²) in [5, 5.41) is 4.16. The van der Waals surface area contributed by atoms with E-state index in [2.05, 4.69) is 20.1 Å². The fourth-order valence-corrected chi connectivity index (χ4v) is 3.76. The highest BCUT2D eigenvalue weighted by molar-refractivity contribution is 5.94. The number of fused-ring (bicyclic) bond motifs is 1. The number of nitrogens with zero attached hydrogens (tertiary/aromatic N) is 4. The van der Waals surface area contributed by atoms with Gasteiger partial charge in [0.05, 0.1) is 31.4 Å². The van der Waals surface area contributed by atoms with Gasteiger partial charge < -0.3 is 19.1 Å². The van der Waals surface area contributed by atoms with Crippen LogP contribution in [0.2, 0.25) is 0 Å². The molecule has 0 radical (unpaired) electrons. The zero-order valence-corrected chi connectivity index (χ0v) is 17.2. The zero-order valence-electron chi connectivity index (χ0n) is 17.2. The quantitative estimate of drug-likeness (QED) is 0.546. The minimum atomic E-state index is -0.405. The molecule has 0 unspecified atom stereocenters. The minimum Gasteiger partial charge on any atom is -0.497 e. The fourth-order valence-electron chi connectivity index (χ4n) is 3.76. The van der Waals surface area contributed by atoms with Crippen molar-refractivity contribution in [3.63, 3.8) is 0 Å². The number of carbonyl (C=O) groups is 1.